The molecule has 0 saturated heterocycles. The van der Waals surface area contributed by atoms with Crippen LogP contribution in [0.3, 0.4) is 0 Å². The minimum absolute atomic E-state index is 0.0202. The third-order valence-electron chi connectivity index (χ3n) is 3.82. The van der Waals surface area contributed by atoms with Gasteiger partial charge in [0.1, 0.15) is 5.75 Å². The van der Waals surface area contributed by atoms with Crippen molar-refractivity contribution in [2.45, 2.75) is 12.8 Å². The Bertz CT molecular complexity index is 861. The number of amides is 1. The first kappa shape index (κ1) is 16.3. The molecule has 0 saturated carbocycles. The zero-order valence-corrected chi connectivity index (χ0v) is 14.0. The van der Waals surface area contributed by atoms with Crippen molar-refractivity contribution in [2.24, 2.45) is 0 Å². The van der Waals surface area contributed by atoms with Crippen molar-refractivity contribution in [1.82, 2.24) is 0 Å². The SMILES string of the molecule is COc1ccc(CCS(=O)(=O)Nc2ccc3c(c2)CC(=O)N3)cc1. The van der Waals surface area contributed by atoms with E-state index in [1.54, 1.807) is 37.4 Å². The summed E-state index contributed by atoms with van der Waals surface area (Å²) in [5.41, 5.74) is 2.93. The van der Waals surface area contributed by atoms with Crippen LogP contribution in [0.2, 0.25) is 0 Å². The lowest BCUT2D eigenvalue weighted by molar-refractivity contribution is -0.115. The molecular weight excluding hydrogens is 328 g/mol. The molecule has 7 heteroatoms. The second-order valence-electron chi connectivity index (χ2n) is 5.62. The van der Waals surface area contributed by atoms with E-state index in [0.29, 0.717) is 12.1 Å². The Morgan fingerprint density at radius 2 is 1.92 bits per heavy atom. The first-order chi connectivity index (χ1) is 11.4. The molecular formula is C17H18N2O4S. The molecule has 1 aliphatic heterocycles. The van der Waals surface area contributed by atoms with Crippen molar-refractivity contribution in [3.05, 3.63) is 53.6 Å². The first-order valence-electron chi connectivity index (χ1n) is 7.51. The van der Waals surface area contributed by atoms with Gasteiger partial charge in [0.15, 0.2) is 0 Å². The molecule has 0 radical (unpaired) electrons. The molecule has 0 bridgehead atoms. The van der Waals surface area contributed by atoms with Gasteiger partial charge in [-0.25, -0.2) is 8.42 Å². The van der Waals surface area contributed by atoms with Crippen LogP contribution in [-0.2, 0) is 27.7 Å². The molecule has 0 aliphatic carbocycles. The van der Waals surface area contributed by atoms with Crippen LogP contribution in [0.15, 0.2) is 42.5 Å². The Labute approximate surface area is 140 Å². The summed E-state index contributed by atoms with van der Waals surface area (Å²) in [6, 6.07) is 12.4. The van der Waals surface area contributed by atoms with Gasteiger partial charge >= 0.3 is 0 Å². The standard InChI is InChI=1S/C17H18N2O4S/c1-23-15-5-2-12(3-6-15)8-9-24(21,22)19-14-4-7-16-13(10-14)11-17(20)18-16/h2-7,10,19H,8-9,11H2,1H3,(H,18,20). The molecule has 1 amide bonds. The van der Waals surface area contributed by atoms with Crippen LogP contribution in [-0.4, -0.2) is 27.2 Å². The van der Waals surface area contributed by atoms with Gasteiger partial charge in [-0.1, -0.05) is 12.1 Å². The van der Waals surface area contributed by atoms with Gasteiger partial charge in [-0.05, 0) is 47.9 Å². The van der Waals surface area contributed by atoms with Gasteiger partial charge in [0.2, 0.25) is 15.9 Å². The average molecular weight is 346 g/mol. The molecule has 2 aromatic carbocycles. The summed E-state index contributed by atoms with van der Waals surface area (Å²) in [6.45, 7) is 0. The molecule has 1 aliphatic rings. The second-order valence-corrected chi connectivity index (χ2v) is 7.46. The number of anilines is 2. The second kappa shape index (κ2) is 6.52. The molecule has 2 aromatic rings. The maximum atomic E-state index is 12.2. The first-order valence-corrected chi connectivity index (χ1v) is 9.16. The Kier molecular flexibility index (Phi) is 4.44. The number of nitrogens with one attached hydrogen (secondary N) is 2. The van der Waals surface area contributed by atoms with Crippen LogP contribution in [0.25, 0.3) is 0 Å². The van der Waals surface area contributed by atoms with E-state index in [2.05, 4.69) is 10.0 Å². The smallest absolute Gasteiger partial charge is 0.233 e. The number of methoxy groups -OCH3 is 1. The predicted octanol–water partition coefficient (Wildman–Crippen LogP) is 2.17. The van der Waals surface area contributed by atoms with Crippen molar-refractivity contribution in [1.29, 1.82) is 0 Å². The van der Waals surface area contributed by atoms with Crippen molar-refractivity contribution in [3.63, 3.8) is 0 Å². The zero-order valence-electron chi connectivity index (χ0n) is 13.2. The van der Waals surface area contributed by atoms with E-state index in [1.165, 1.54) is 0 Å². The number of hydrogen-bond donors (Lipinski definition) is 2. The van der Waals surface area contributed by atoms with Crippen LogP contribution in [0.4, 0.5) is 11.4 Å². The van der Waals surface area contributed by atoms with Gasteiger partial charge in [0.05, 0.1) is 19.3 Å². The minimum Gasteiger partial charge on any atom is -0.497 e. The van der Waals surface area contributed by atoms with Crippen LogP contribution in [0.5, 0.6) is 5.75 Å². The highest BCUT2D eigenvalue weighted by Gasteiger charge is 2.19. The Balaban J connectivity index is 1.63. The molecule has 3 rings (SSSR count). The predicted molar refractivity (Wildman–Crippen MR) is 92.9 cm³/mol. The summed E-state index contributed by atoms with van der Waals surface area (Å²) in [7, 11) is -1.88. The summed E-state index contributed by atoms with van der Waals surface area (Å²) < 4.78 is 32.1. The minimum atomic E-state index is -3.47. The summed E-state index contributed by atoms with van der Waals surface area (Å²) in [5.74, 6) is 0.638. The molecule has 0 spiro atoms. The largest absolute Gasteiger partial charge is 0.497 e. The maximum absolute atomic E-state index is 12.2. The summed E-state index contributed by atoms with van der Waals surface area (Å²) in [5, 5.41) is 2.72. The van der Waals surface area contributed by atoms with Crippen molar-refractivity contribution < 1.29 is 17.9 Å². The van der Waals surface area contributed by atoms with E-state index in [0.717, 1.165) is 22.6 Å². The van der Waals surface area contributed by atoms with E-state index < -0.39 is 10.0 Å². The Morgan fingerprint density at radius 1 is 1.17 bits per heavy atom. The summed E-state index contributed by atoms with van der Waals surface area (Å²) in [4.78, 5) is 11.3. The number of rotatable bonds is 6. The van der Waals surface area contributed by atoms with Crippen LogP contribution >= 0.6 is 0 Å². The monoisotopic (exact) mass is 346 g/mol. The van der Waals surface area contributed by atoms with Crippen molar-refractivity contribution in [3.8, 4) is 5.75 Å². The number of fused-ring (bicyclic) bond motifs is 1. The lowest BCUT2D eigenvalue weighted by Crippen LogP contribution is -2.18. The molecule has 0 fully saturated rings. The van der Waals surface area contributed by atoms with Crippen LogP contribution in [0, 0.1) is 0 Å². The molecule has 0 aromatic heterocycles. The molecule has 24 heavy (non-hydrogen) atoms. The van der Waals surface area contributed by atoms with Gasteiger partial charge in [-0.2, -0.15) is 0 Å². The average Bonchev–Trinajstić information content (AvgIpc) is 2.92. The number of aryl methyl sites for hydroxylation is 1. The van der Waals surface area contributed by atoms with Crippen molar-refractivity contribution >= 4 is 27.3 Å². The third-order valence-corrected chi connectivity index (χ3v) is 5.11. The zero-order chi connectivity index (χ0) is 17.2. The fraction of sp³-hybridized carbons (Fsp3) is 0.235. The van der Waals surface area contributed by atoms with E-state index in [1.807, 2.05) is 12.1 Å². The van der Waals surface area contributed by atoms with E-state index >= 15 is 0 Å². The van der Waals surface area contributed by atoms with Gasteiger partial charge in [0.25, 0.3) is 0 Å². The molecule has 6 nitrogen and oxygen atoms in total. The molecule has 0 unspecified atom stereocenters. The lowest BCUT2D eigenvalue weighted by atomic mass is 10.1. The van der Waals surface area contributed by atoms with E-state index in [-0.39, 0.29) is 18.1 Å². The number of benzene rings is 2. The van der Waals surface area contributed by atoms with Gasteiger partial charge < -0.3 is 10.1 Å². The summed E-state index contributed by atoms with van der Waals surface area (Å²) >= 11 is 0. The quantitative estimate of drug-likeness (QED) is 0.839. The topological polar surface area (TPSA) is 84.5 Å². The molecule has 0 atom stereocenters. The van der Waals surface area contributed by atoms with Gasteiger partial charge in [0, 0.05) is 11.4 Å². The highest BCUT2D eigenvalue weighted by molar-refractivity contribution is 7.92. The fourth-order valence-corrected chi connectivity index (χ4v) is 3.66. The third kappa shape index (κ3) is 3.86. The normalized spacial score (nSPS) is 13.3. The fourth-order valence-electron chi connectivity index (χ4n) is 2.57. The number of hydrogen-bond acceptors (Lipinski definition) is 4. The molecule has 2 N–H and O–H groups in total. The van der Waals surface area contributed by atoms with E-state index in [4.69, 9.17) is 4.74 Å². The number of carbonyl (C=O) groups excluding carboxylic acids is 1. The highest BCUT2D eigenvalue weighted by Crippen LogP contribution is 2.26. The highest BCUT2D eigenvalue weighted by atomic mass is 32.2. The molecule has 126 valence electrons. The Hall–Kier alpha value is -2.54. The van der Waals surface area contributed by atoms with Crippen molar-refractivity contribution in [2.75, 3.05) is 22.9 Å². The number of sulfonamides is 1. The summed E-state index contributed by atoms with van der Waals surface area (Å²) in [6.07, 6.45) is 0.682. The van der Waals surface area contributed by atoms with Crippen LogP contribution in [0.1, 0.15) is 11.1 Å². The molecule has 1 heterocycles. The lowest BCUT2D eigenvalue weighted by Gasteiger charge is -2.09. The van der Waals surface area contributed by atoms with Gasteiger partial charge in [-0.3, -0.25) is 9.52 Å². The maximum Gasteiger partial charge on any atom is 0.233 e. The number of carbonyl (C=O) groups is 1. The van der Waals surface area contributed by atoms with Crippen LogP contribution < -0.4 is 14.8 Å². The van der Waals surface area contributed by atoms with Gasteiger partial charge in [-0.15, -0.1) is 0 Å². The number of ether oxygens (including phenoxy) is 1. The Morgan fingerprint density at radius 3 is 2.62 bits per heavy atom. The van der Waals surface area contributed by atoms with E-state index in [9.17, 15) is 13.2 Å².